The molecule has 7 heteroatoms. The van der Waals surface area contributed by atoms with E-state index in [2.05, 4.69) is 5.10 Å². The Morgan fingerprint density at radius 2 is 2.07 bits per heavy atom. The predicted octanol–water partition coefficient (Wildman–Crippen LogP) is 1.41. The summed E-state index contributed by atoms with van der Waals surface area (Å²) in [5, 5.41) is 14.6. The van der Waals surface area contributed by atoms with Crippen molar-refractivity contribution in [1.29, 1.82) is 0 Å². The summed E-state index contributed by atoms with van der Waals surface area (Å²) in [6.45, 7) is 2.34. The lowest BCUT2D eigenvalue weighted by atomic mass is 9.73. The summed E-state index contributed by atoms with van der Waals surface area (Å²) in [6, 6.07) is 7.79. The van der Waals surface area contributed by atoms with E-state index in [9.17, 15) is 14.7 Å². The summed E-state index contributed by atoms with van der Waals surface area (Å²) < 4.78 is 1.75. The first-order chi connectivity index (χ1) is 13.0. The third-order valence-electron chi connectivity index (χ3n) is 6.03. The number of fused-ring (bicyclic) bond motifs is 1. The SMILES string of the molecule is Cn1nc(C(=O)N2CCCC3(CCC(=O)N(CCO)C3)C2)c2ccccc21. The van der Waals surface area contributed by atoms with Gasteiger partial charge in [-0.3, -0.25) is 14.3 Å². The summed E-state index contributed by atoms with van der Waals surface area (Å²) in [4.78, 5) is 29.0. The number of piperidine rings is 2. The van der Waals surface area contributed by atoms with Crippen LogP contribution in [0.5, 0.6) is 0 Å². The molecule has 0 bridgehead atoms. The standard InChI is InChI=1S/C20H26N4O3/c1-22-16-6-3-2-5-15(16)18(21-22)19(27)24-10-4-8-20(14-24)9-7-17(26)23(13-20)11-12-25/h2-3,5-6,25H,4,7-14H2,1H3. The number of hydrogen-bond acceptors (Lipinski definition) is 4. The molecule has 0 aliphatic carbocycles. The average molecular weight is 370 g/mol. The van der Waals surface area contributed by atoms with Gasteiger partial charge in [0.2, 0.25) is 5.91 Å². The topological polar surface area (TPSA) is 78.7 Å². The molecule has 2 aliphatic heterocycles. The fourth-order valence-corrected chi connectivity index (χ4v) is 4.66. The van der Waals surface area contributed by atoms with E-state index in [4.69, 9.17) is 0 Å². The van der Waals surface area contributed by atoms with Gasteiger partial charge in [-0.05, 0) is 25.3 Å². The summed E-state index contributed by atoms with van der Waals surface area (Å²) in [5.74, 6) is 0.0744. The molecule has 2 saturated heterocycles. The minimum absolute atomic E-state index is 0.0234. The smallest absolute Gasteiger partial charge is 0.275 e. The number of aromatic nitrogens is 2. The zero-order valence-electron chi connectivity index (χ0n) is 15.7. The number of carbonyl (C=O) groups excluding carboxylic acids is 2. The molecule has 0 radical (unpaired) electrons. The zero-order chi connectivity index (χ0) is 19.0. The van der Waals surface area contributed by atoms with Crippen molar-refractivity contribution in [3.05, 3.63) is 30.0 Å². The van der Waals surface area contributed by atoms with Crippen molar-refractivity contribution in [3.8, 4) is 0 Å². The van der Waals surface area contributed by atoms with E-state index in [1.54, 1.807) is 9.58 Å². The van der Waals surface area contributed by atoms with E-state index >= 15 is 0 Å². The normalized spacial score (nSPS) is 23.4. The van der Waals surface area contributed by atoms with Gasteiger partial charge in [-0.1, -0.05) is 18.2 Å². The number of carbonyl (C=O) groups is 2. The molecule has 1 aromatic heterocycles. The number of aliphatic hydroxyl groups is 1. The monoisotopic (exact) mass is 370 g/mol. The van der Waals surface area contributed by atoms with Gasteiger partial charge >= 0.3 is 0 Å². The van der Waals surface area contributed by atoms with Crippen molar-refractivity contribution in [3.63, 3.8) is 0 Å². The first kappa shape index (κ1) is 18.0. The van der Waals surface area contributed by atoms with Gasteiger partial charge in [-0.25, -0.2) is 0 Å². The van der Waals surface area contributed by atoms with Gasteiger partial charge in [0.05, 0.1) is 12.1 Å². The van der Waals surface area contributed by atoms with E-state index in [0.717, 1.165) is 36.7 Å². The predicted molar refractivity (Wildman–Crippen MR) is 101 cm³/mol. The summed E-state index contributed by atoms with van der Waals surface area (Å²) >= 11 is 0. The molecule has 0 saturated carbocycles. The van der Waals surface area contributed by atoms with Gasteiger partial charge in [0.1, 0.15) is 0 Å². The number of nitrogens with zero attached hydrogens (tertiary/aromatic N) is 4. The average Bonchev–Trinajstić information content (AvgIpc) is 3.02. The van der Waals surface area contributed by atoms with E-state index < -0.39 is 0 Å². The van der Waals surface area contributed by atoms with Crippen LogP contribution in [-0.2, 0) is 11.8 Å². The Hall–Kier alpha value is -2.41. The fourth-order valence-electron chi connectivity index (χ4n) is 4.66. The Kier molecular flexibility index (Phi) is 4.63. The molecule has 1 aromatic carbocycles. The van der Waals surface area contributed by atoms with Gasteiger partial charge < -0.3 is 14.9 Å². The number of aryl methyl sites for hydroxylation is 1. The molecule has 2 fully saturated rings. The number of para-hydroxylation sites is 1. The molecule has 2 aliphatic rings. The Balaban J connectivity index is 1.57. The number of benzene rings is 1. The molecule has 3 heterocycles. The van der Waals surface area contributed by atoms with Crippen LogP contribution in [0, 0.1) is 5.41 Å². The lowest BCUT2D eigenvalue weighted by molar-refractivity contribution is -0.139. The number of hydrogen-bond donors (Lipinski definition) is 1. The quantitative estimate of drug-likeness (QED) is 0.886. The fraction of sp³-hybridized carbons (Fsp3) is 0.550. The van der Waals surface area contributed by atoms with Crippen molar-refractivity contribution >= 4 is 22.7 Å². The highest BCUT2D eigenvalue weighted by Gasteiger charge is 2.43. The molecule has 4 rings (SSSR count). The molecule has 1 atom stereocenters. The highest BCUT2D eigenvalue weighted by molar-refractivity contribution is 6.04. The summed E-state index contributed by atoms with van der Waals surface area (Å²) in [6.07, 6.45) is 3.24. The molecule has 2 aromatic rings. The second-order valence-corrected chi connectivity index (χ2v) is 7.86. The number of rotatable bonds is 3. The number of β-amino-alcohol motifs (C(OH)–C–C–N with tert-alkyl or cyclic N) is 1. The third-order valence-corrected chi connectivity index (χ3v) is 6.03. The van der Waals surface area contributed by atoms with Crippen LogP contribution in [-0.4, -0.2) is 69.3 Å². The van der Waals surface area contributed by atoms with Crippen LogP contribution in [0.3, 0.4) is 0 Å². The zero-order valence-corrected chi connectivity index (χ0v) is 15.7. The van der Waals surface area contributed by atoms with Crippen LogP contribution in [0.4, 0.5) is 0 Å². The Morgan fingerprint density at radius 1 is 1.26 bits per heavy atom. The van der Waals surface area contributed by atoms with Crippen LogP contribution in [0.15, 0.2) is 24.3 Å². The lowest BCUT2D eigenvalue weighted by Crippen LogP contribution is -2.55. The minimum atomic E-state index is -0.0679. The summed E-state index contributed by atoms with van der Waals surface area (Å²) in [7, 11) is 1.86. The highest BCUT2D eigenvalue weighted by Crippen LogP contribution is 2.39. The van der Waals surface area contributed by atoms with E-state index in [1.807, 2.05) is 36.2 Å². The van der Waals surface area contributed by atoms with Crippen LogP contribution in [0.1, 0.15) is 36.2 Å². The maximum absolute atomic E-state index is 13.3. The molecular formula is C20H26N4O3. The van der Waals surface area contributed by atoms with Gasteiger partial charge in [0.15, 0.2) is 5.69 Å². The largest absolute Gasteiger partial charge is 0.395 e. The Morgan fingerprint density at radius 3 is 2.89 bits per heavy atom. The first-order valence-corrected chi connectivity index (χ1v) is 9.63. The van der Waals surface area contributed by atoms with Crippen LogP contribution in [0.25, 0.3) is 10.9 Å². The Bertz CT molecular complexity index is 877. The van der Waals surface area contributed by atoms with Crippen molar-refractivity contribution in [2.75, 3.05) is 32.8 Å². The minimum Gasteiger partial charge on any atom is -0.395 e. The van der Waals surface area contributed by atoms with Crippen molar-refractivity contribution in [2.45, 2.75) is 25.7 Å². The second kappa shape index (κ2) is 6.96. The number of aliphatic hydroxyl groups excluding tert-OH is 1. The number of amides is 2. The molecule has 1 spiro atoms. The van der Waals surface area contributed by atoms with Crippen LogP contribution in [0.2, 0.25) is 0 Å². The van der Waals surface area contributed by atoms with Crippen molar-refractivity contribution in [2.24, 2.45) is 12.5 Å². The van der Waals surface area contributed by atoms with Crippen LogP contribution >= 0.6 is 0 Å². The third kappa shape index (κ3) is 3.20. The maximum atomic E-state index is 13.3. The second-order valence-electron chi connectivity index (χ2n) is 7.86. The first-order valence-electron chi connectivity index (χ1n) is 9.63. The van der Waals surface area contributed by atoms with Crippen molar-refractivity contribution < 1.29 is 14.7 Å². The van der Waals surface area contributed by atoms with Crippen LogP contribution < -0.4 is 0 Å². The maximum Gasteiger partial charge on any atom is 0.275 e. The molecule has 1 unspecified atom stereocenters. The Labute approximate surface area is 158 Å². The van der Waals surface area contributed by atoms with Crippen molar-refractivity contribution in [1.82, 2.24) is 19.6 Å². The highest BCUT2D eigenvalue weighted by atomic mass is 16.3. The van der Waals surface area contributed by atoms with Gasteiger partial charge in [-0.2, -0.15) is 5.10 Å². The van der Waals surface area contributed by atoms with Gasteiger partial charge in [0.25, 0.3) is 5.91 Å². The van der Waals surface area contributed by atoms with Gasteiger partial charge in [-0.15, -0.1) is 0 Å². The van der Waals surface area contributed by atoms with E-state index in [0.29, 0.717) is 31.7 Å². The molecule has 144 valence electrons. The van der Waals surface area contributed by atoms with E-state index in [-0.39, 0.29) is 23.8 Å². The number of likely N-dealkylation sites (tertiary alicyclic amines) is 2. The molecule has 7 nitrogen and oxygen atoms in total. The summed E-state index contributed by atoms with van der Waals surface area (Å²) in [5.41, 5.74) is 1.39. The molecule has 2 amide bonds. The molecular weight excluding hydrogens is 344 g/mol. The molecule has 27 heavy (non-hydrogen) atoms. The molecule has 1 N–H and O–H groups in total. The van der Waals surface area contributed by atoms with E-state index in [1.165, 1.54) is 0 Å². The lowest BCUT2D eigenvalue weighted by Gasteiger charge is -2.48. The van der Waals surface area contributed by atoms with Gasteiger partial charge in [0, 0.05) is 50.4 Å².